The average molecular weight is 408 g/mol. The Morgan fingerprint density at radius 3 is 2.81 bits per heavy atom. The van der Waals surface area contributed by atoms with Crippen LogP contribution in [-0.2, 0) is 20.4 Å². The number of aromatic nitrogens is 2. The van der Waals surface area contributed by atoms with Gasteiger partial charge in [-0.25, -0.2) is 4.90 Å². The van der Waals surface area contributed by atoms with Gasteiger partial charge in [0.25, 0.3) is 0 Å². The van der Waals surface area contributed by atoms with Crippen LogP contribution in [0.25, 0.3) is 0 Å². The lowest BCUT2D eigenvalue weighted by molar-refractivity contribution is -0.163. The molecule has 0 saturated carbocycles. The fraction of sp³-hybridized carbons (Fsp3) is 0.667. The normalized spacial score (nSPS) is 23.0. The Bertz CT molecular complexity index is 718. The van der Waals surface area contributed by atoms with Gasteiger partial charge in [0, 0.05) is 19.9 Å². The molecular weight excluding hydrogens is 389 g/mol. The van der Waals surface area contributed by atoms with Crippen molar-refractivity contribution in [2.24, 2.45) is 0 Å². The Kier molecular flexibility index (Phi) is 6.99. The first-order valence-electron chi connectivity index (χ1n) is 8.19. The number of rotatable bonds is 6. The molecule has 0 aliphatic carbocycles. The SMILES string of the molecule is CCOC#CCCCN1CC[N+]([O-])(c2nnc(C(F)(F)F)s2)C1OC(C)=O. The molecule has 2 atom stereocenters. The number of ether oxygens (including phenoxy) is 2. The topological polar surface area (TPSA) is 87.6 Å². The van der Waals surface area contributed by atoms with Crippen molar-refractivity contribution in [1.29, 1.82) is 0 Å². The number of hydroxylamine groups is 2. The van der Waals surface area contributed by atoms with E-state index < -0.39 is 33.3 Å². The monoisotopic (exact) mass is 408 g/mol. The summed E-state index contributed by atoms with van der Waals surface area (Å²) in [6.45, 7) is 3.94. The van der Waals surface area contributed by atoms with E-state index in [-0.39, 0.29) is 24.4 Å². The van der Waals surface area contributed by atoms with Crippen molar-refractivity contribution < 1.29 is 27.4 Å². The maximum atomic E-state index is 13.2. The van der Waals surface area contributed by atoms with E-state index in [0.29, 0.717) is 26.0 Å². The summed E-state index contributed by atoms with van der Waals surface area (Å²) < 4.78 is 47.0. The summed E-state index contributed by atoms with van der Waals surface area (Å²) in [5.41, 5.74) is 0. The first kappa shape index (κ1) is 21.4. The highest BCUT2D eigenvalue weighted by molar-refractivity contribution is 7.15. The van der Waals surface area contributed by atoms with Gasteiger partial charge < -0.3 is 14.7 Å². The van der Waals surface area contributed by atoms with Crippen LogP contribution in [0.3, 0.4) is 0 Å². The molecule has 2 heterocycles. The molecule has 0 bridgehead atoms. The molecule has 0 aromatic carbocycles. The number of carbonyl (C=O) groups excluding carboxylic acids is 1. The Balaban J connectivity index is 2.12. The van der Waals surface area contributed by atoms with Crippen LogP contribution in [-0.4, -0.2) is 53.7 Å². The molecule has 27 heavy (non-hydrogen) atoms. The second kappa shape index (κ2) is 8.83. The fourth-order valence-electron chi connectivity index (χ4n) is 2.51. The Morgan fingerprint density at radius 2 is 2.22 bits per heavy atom. The first-order valence-corrected chi connectivity index (χ1v) is 9.01. The molecule has 150 valence electrons. The highest BCUT2D eigenvalue weighted by atomic mass is 32.1. The van der Waals surface area contributed by atoms with Gasteiger partial charge in [-0.2, -0.15) is 13.2 Å². The van der Waals surface area contributed by atoms with E-state index in [2.05, 4.69) is 22.2 Å². The number of unbranched alkanes of at least 4 members (excludes halogenated alkanes) is 1. The van der Waals surface area contributed by atoms with Crippen molar-refractivity contribution in [1.82, 2.24) is 19.7 Å². The molecule has 0 radical (unpaired) electrons. The lowest BCUT2D eigenvalue weighted by atomic mass is 10.3. The van der Waals surface area contributed by atoms with Gasteiger partial charge in [0.1, 0.15) is 12.7 Å². The number of halogens is 3. The number of carbonyl (C=O) groups is 1. The third kappa shape index (κ3) is 5.29. The summed E-state index contributed by atoms with van der Waals surface area (Å²) in [7, 11) is 0. The van der Waals surface area contributed by atoms with Crippen molar-refractivity contribution in [2.45, 2.75) is 39.2 Å². The van der Waals surface area contributed by atoms with E-state index in [1.807, 2.05) is 6.92 Å². The number of hydrogen-bond donors (Lipinski definition) is 0. The smallest absolute Gasteiger partial charge is 0.445 e. The molecule has 12 heteroatoms. The van der Waals surface area contributed by atoms with Gasteiger partial charge in [-0.1, -0.05) is 11.0 Å². The minimum Gasteiger partial charge on any atom is -0.622 e. The minimum absolute atomic E-state index is 0.102. The highest BCUT2D eigenvalue weighted by Crippen LogP contribution is 2.39. The average Bonchev–Trinajstić information content (AvgIpc) is 3.19. The van der Waals surface area contributed by atoms with Crippen LogP contribution >= 0.6 is 11.3 Å². The van der Waals surface area contributed by atoms with Crippen molar-refractivity contribution in [2.75, 3.05) is 26.2 Å². The van der Waals surface area contributed by atoms with Gasteiger partial charge in [-0.15, -0.1) is 5.10 Å². The van der Waals surface area contributed by atoms with E-state index in [4.69, 9.17) is 9.47 Å². The van der Waals surface area contributed by atoms with Crippen LogP contribution < -0.4 is 4.65 Å². The van der Waals surface area contributed by atoms with E-state index >= 15 is 0 Å². The summed E-state index contributed by atoms with van der Waals surface area (Å²) in [6, 6.07) is 0. The van der Waals surface area contributed by atoms with Crippen LogP contribution in [0.4, 0.5) is 18.3 Å². The standard InChI is InChI=1S/C15H19F3N4O4S/c1-3-25-10-6-4-5-7-21-8-9-22(24,14(21)26-11(2)23)13-20-19-12(27-13)15(16,17)18/h14H,3-5,7-9H2,1-2H3. The van der Waals surface area contributed by atoms with E-state index in [0.717, 1.165) is 6.92 Å². The lowest BCUT2D eigenvalue weighted by Crippen LogP contribution is -2.54. The molecule has 1 aromatic heterocycles. The van der Waals surface area contributed by atoms with E-state index in [1.54, 1.807) is 4.90 Å². The fourth-order valence-corrected chi connectivity index (χ4v) is 3.30. The zero-order chi connectivity index (χ0) is 20.1. The van der Waals surface area contributed by atoms with Crippen LogP contribution in [0.2, 0.25) is 0 Å². The molecule has 1 aromatic rings. The quantitative estimate of drug-likeness (QED) is 0.235. The molecule has 0 amide bonds. The largest absolute Gasteiger partial charge is 0.622 e. The van der Waals surface area contributed by atoms with Gasteiger partial charge in [-0.05, 0) is 24.7 Å². The van der Waals surface area contributed by atoms with Crippen LogP contribution in [0.15, 0.2) is 0 Å². The summed E-state index contributed by atoms with van der Waals surface area (Å²) >= 11 is 0.162. The molecule has 0 N–H and O–H groups in total. The van der Waals surface area contributed by atoms with Gasteiger partial charge in [-0.3, -0.25) is 9.44 Å². The minimum atomic E-state index is -4.69. The van der Waals surface area contributed by atoms with Crippen LogP contribution in [0, 0.1) is 17.2 Å². The maximum absolute atomic E-state index is 13.2. The lowest BCUT2D eigenvalue weighted by Gasteiger charge is -2.39. The van der Waals surface area contributed by atoms with Crippen molar-refractivity contribution >= 4 is 22.4 Å². The molecule has 1 saturated heterocycles. The molecule has 1 aliphatic heterocycles. The molecule has 8 nitrogen and oxygen atoms in total. The van der Waals surface area contributed by atoms with Gasteiger partial charge in [0.2, 0.25) is 5.01 Å². The summed E-state index contributed by atoms with van der Waals surface area (Å²) in [4.78, 5) is 13.0. The summed E-state index contributed by atoms with van der Waals surface area (Å²) in [6.07, 6.45) is -2.41. The van der Waals surface area contributed by atoms with Gasteiger partial charge in [0.15, 0.2) is 0 Å². The van der Waals surface area contributed by atoms with E-state index in [9.17, 15) is 23.2 Å². The zero-order valence-electron chi connectivity index (χ0n) is 14.8. The number of hydrogen-bond acceptors (Lipinski definition) is 8. The number of quaternary nitrogens is 1. The van der Waals surface area contributed by atoms with Gasteiger partial charge >= 0.3 is 23.6 Å². The highest BCUT2D eigenvalue weighted by Gasteiger charge is 2.48. The summed E-state index contributed by atoms with van der Waals surface area (Å²) in [5.74, 6) is 2.10. The first-order chi connectivity index (χ1) is 12.7. The molecule has 0 spiro atoms. The van der Waals surface area contributed by atoms with Crippen LogP contribution in [0.5, 0.6) is 0 Å². The molecular formula is C15H19F3N4O4S. The third-order valence-electron chi connectivity index (χ3n) is 3.68. The predicted molar refractivity (Wildman–Crippen MR) is 90.7 cm³/mol. The predicted octanol–water partition coefficient (Wildman–Crippen LogP) is 2.30. The van der Waals surface area contributed by atoms with Crippen molar-refractivity contribution in [3.05, 3.63) is 10.2 Å². The summed E-state index contributed by atoms with van der Waals surface area (Å²) in [5, 5.41) is 18.1. The van der Waals surface area contributed by atoms with Crippen molar-refractivity contribution in [3.8, 4) is 12.0 Å². The Hall–Kier alpha value is -1.94. The van der Waals surface area contributed by atoms with Crippen LogP contribution in [0.1, 0.15) is 31.7 Å². The number of alkyl halides is 3. The molecule has 2 unspecified atom stereocenters. The second-order valence-corrected chi connectivity index (χ2v) is 6.65. The Labute approximate surface area is 158 Å². The second-order valence-electron chi connectivity index (χ2n) is 5.69. The maximum Gasteiger partial charge on any atom is 0.445 e. The number of esters is 1. The van der Waals surface area contributed by atoms with Gasteiger partial charge in [0.05, 0.1) is 13.2 Å². The Morgan fingerprint density at radius 1 is 1.48 bits per heavy atom. The van der Waals surface area contributed by atoms with E-state index in [1.165, 1.54) is 0 Å². The zero-order valence-corrected chi connectivity index (χ0v) is 15.6. The molecule has 1 fully saturated rings. The third-order valence-corrected chi connectivity index (χ3v) is 4.76. The van der Waals surface area contributed by atoms with Crippen molar-refractivity contribution in [3.63, 3.8) is 0 Å². The number of nitrogens with zero attached hydrogens (tertiary/aromatic N) is 4. The molecule has 1 aliphatic rings. The molecule has 2 rings (SSSR count).